The van der Waals surface area contributed by atoms with E-state index >= 15 is 0 Å². The highest BCUT2D eigenvalue weighted by Gasteiger charge is 2.39. The smallest absolute Gasteiger partial charge is 0.248 e. The molecule has 8 amide bonds. The zero-order chi connectivity index (χ0) is 49.5. The molecular formula is C47H78N8O10. The molecule has 0 aliphatic carbocycles. The molecule has 1 fully saturated rings. The van der Waals surface area contributed by atoms with Gasteiger partial charge in [0.05, 0.1) is 24.9 Å². The number of benzene rings is 1. The lowest BCUT2D eigenvalue weighted by Crippen LogP contribution is -2.60. The van der Waals surface area contributed by atoms with Gasteiger partial charge < -0.3 is 50.3 Å². The highest BCUT2D eigenvalue weighted by molar-refractivity contribution is 5.96. The molecule has 0 bridgehead atoms. The largest absolute Gasteiger partial charge is 0.391 e. The zero-order valence-electron chi connectivity index (χ0n) is 41.3. The quantitative estimate of drug-likeness (QED) is 0.281. The number of aliphatic hydroxyl groups excluding tert-OH is 1. The van der Waals surface area contributed by atoms with Gasteiger partial charge in [-0.2, -0.15) is 0 Å². The summed E-state index contributed by atoms with van der Waals surface area (Å²) in [7, 11) is 7.36. The monoisotopic (exact) mass is 915 g/mol. The van der Waals surface area contributed by atoms with Gasteiger partial charge in [0.25, 0.3) is 0 Å². The van der Waals surface area contributed by atoms with E-state index in [1.54, 1.807) is 59.0 Å². The Bertz CT molecular complexity index is 1780. The first-order chi connectivity index (χ1) is 30.1. The van der Waals surface area contributed by atoms with E-state index in [-0.39, 0.29) is 69.4 Å². The molecule has 1 aliphatic heterocycles. The topological polar surface area (TPSA) is 218 Å². The Kier molecular flexibility index (Phi) is 22.0. The van der Waals surface area contributed by atoms with Crippen LogP contribution in [-0.2, 0) is 49.5 Å². The SMILES string of the molecule is CC(C)C[C@H]1C(=O)N(C)[C@@H](CC(C)C)C(=O)N[C@@H](C)CC(=O)N(C)CCCC(=O)N(C)[C@@H](Cc2ccccc2)C(=O)N[C@@H]([C@@H](C)O)C(=O)N(C)CC(=O)N[C@@H](COC(C)(C)C)C(=O)N1C. The van der Waals surface area contributed by atoms with Crippen molar-refractivity contribution in [2.45, 2.75) is 149 Å². The minimum absolute atomic E-state index is 0.0177. The number of carbonyl (C=O) groups is 8. The van der Waals surface area contributed by atoms with Crippen LogP contribution in [0.5, 0.6) is 0 Å². The molecule has 0 radical (unpaired) electrons. The Labute approximate surface area is 386 Å². The van der Waals surface area contributed by atoms with Crippen LogP contribution >= 0.6 is 0 Å². The fourth-order valence-electron chi connectivity index (χ4n) is 7.46. The van der Waals surface area contributed by atoms with E-state index in [0.717, 1.165) is 10.5 Å². The van der Waals surface area contributed by atoms with Crippen molar-refractivity contribution in [1.29, 1.82) is 0 Å². The van der Waals surface area contributed by atoms with Crippen LogP contribution in [0.1, 0.15) is 100.0 Å². The third kappa shape index (κ3) is 18.0. The second-order valence-electron chi connectivity index (χ2n) is 19.4. The third-order valence-corrected chi connectivity index (χ3v) is 11.3. The molecule has 4 N–H and O–H groups in total. The molecule has 18 heteroatoms. The number of aliphatic hydroxyl groups is 1. The maximum atomic E-state index is 14.5. The predicted octanol–water partition coefficient (Wildman–Crippen LogP) is 1.57. The van der Waals surface area contributed by atoms with E-state index < -0.39 is 95.9 Å². The summed E-state index contributed by atoms with van der Waals surface area (Å²) in [5.41, 5.74) is -0.0104. The molecule has 366 valence electrons. The second kappa shape index (κ2) is 25.6. The normalized spacial score (nSPS) is 24.9. The number of rotatable bonds is 9. The number of amides is 8. The van der Waals surface area contributed by atoms with Crippen LogP contribution in [0, 0.1) is 11.8 Å². The van der Waals surface area contributed by atoms with E-state index in [1.807, 2.05) is 33.8 Å². The molecular weight excluding hydrogens is 837 g/mol. The molecule has 1 aromatic rings. The van der Waals surface area contributed by atoms with Gasteiger partial charge in [-0.25, -0.2) is 0 Å². The maximum absolute atomic E-state index is 14.5. The molecule has 1 heterocycles. The van der Waals surface area contributed by atoms with Crippen LogP contribution in [0.3, 0.4) is 0 Å². The Morgan fingerprint density at radius 1 is 0.692 bits per heavy atom. The summed E-state index contributed by atoms with van der Waals surface area (Å²) in [5.74, 6) is -4.69. The van der Waals surface area contributed by atoms with Crippen LogP contribution in [0.2, 0.25) is 0 Å². The fraction of sp³-hybridized carbons (Fsp3) is 0.702. The Hall–Kier alpha value is -5.10. The molecule has 0 unspecified atom stereocenters. The summed E-state index contributed by atoms with van der Waals surface area (Å²) < 4.78 is 5.98. The molecule has 18 nitrogen and oxygen atoms in total. The van der Waals surface area contributed by atoms with Crippen molar-refractivity contribution in [2.75, 3.05) is 54.9 Å². The fourth-order valence-corrected chi connectivity index (χ4v) is 7.46. The molecule has 0 saturated carbocycles. The predicted molar refractivity (Wildman–Crippen MR) is 247 cm³/mol. The number of hydrogen-bond donors (Lipinski definition) is 4. The van der Waals surface area contributed by atoms with Gasteiger partial charge in [-0.15, -0.1) is 0 Å². The van der Waals surface area contributed by atoms with Gasteiger partial charge in [0.15, 0.2) is 0 Å². The van der Waals surface area contributed by atoms with Crippen molar-refractivity contribution >= 4 is 47.3 Å². The zero-order valence-corrected chi connectivity index (χ0v) is 41.3. The van der Waals surface area contributed by atoms with Crippen molar-refractivity contribution in [3.63, 3.8) is 0 Å². The number of likely N-dealkylation sites (N-methyl/N-ethyl adjacent to an activating group) is 4. The van der Waals surface area contributed by atoms with Crippen LogP contribution in [0.4, 0.5) is 0 Å². The molecule has 7 atom stereocenters. The highest BCUT2D eigenvalue weighted by atomic mass is 16.5. The van der Waals surface area contributed by atoms with Crippen molar-refractivity contribution in [2.24, 2.45) is 11.8 Å². The molecule has 0 aromatic heterocycles. The summed E-state index contributed by atoms with van der Waals surface area (Å²) in [4.78, 5) is 118. The van der Waals surface area contributed by atoms with Crippen molar-refractivity contribution in [3.05, 3.63) is 35.9 Å². The van der Waals surface area contributed by atoms with Gasteiger partial charge in [-0.05, 0) is 71.3 Å². The first-order valence-corrected chi connectivity index (χ1v) is 22.7. The second-order valence-corrected chi connectivity index (χ2v) is 19.4. The van der Waals surface area contributed by atoms with Crippen molar-refractivity contribution in [3.8, 4) is 0 Å². The first-order valence-electron chi connectivity index (χ1n) is 22.7. The maximum Gasteiger partial charge on any atom is 0.248 e. The Balaban J connectivity index is 2.67. The minimum atomic E-state index is -1.53. The van der Waals surface area contributed by atoms with Crippen molar-refractivity contribution < 1.29 is 48.2 Å². The molecule has 0 spiro atoms. The summed E-state index contributed by atoms with van der Waals surface area (Å²) in [6.45, 7) is 15.3. The molecule has 1 aromatic carbocycles. The van der Waals surface area contributed by atoms with Crippen LogP contribution in [-0.4, -0.2) is 180 Å². The van der Waals surface area contributed by atoms with Gasteiger partial charge in [0.2, 0.25) is 47.3 Å². The average Bonchev–Trinajstić information content (AvgIpc) is 3.21. The van der Waals surface area contributed by atoms with Gasteiger partial charge in [-0.3, -0.25) is 38.4 Å². The lowest BCUT2D eigenvalue weighted by Gasteiger charge is -2.37. The number of ether oxygens (including phenoxy) is 1. The van der Waals surface area contributed by atoms with Gasteiger partial charge in [-0.1, -0.05) is 58.0 Å². The Morgan fingerprint density at radius 2 is 1.25 bits per heavy atom. The van der Waals surface area contributed by atoms with Gasteiger partial charge >= 0.3 is 0 Å². The summed E-state index contributed by atoms with van der Waals surface area (Å²) in [5, 5.41) is 19.0. The van der Waals surface area contributed by atoms with E-state index in [2.05, 4.69) is 16.0 Å². The van der Waals surface area contributed by atoms with Crippen LogP contribution < -0.4 is 16.0 Å². The van der Waals surface area contributed by atoms with Gasteiger partial charge in [0, 0.05) is 67.1 Å². The first kappa shape index (κ1) is 56.0. The molecule has 1 aliphatic rings. The minimum Gasteiger partial charge on any atom is -0.391 e. The van der Waals surface area contributed by atoms with E-state index in [9.17, 15) is 43.5 Å². The number of nitrogens with zero attached hydrogens (tertiary/aromatic N) is 5. The van der Waals surface area contributed by atoms with E-state index in [0.29, 0.717) is 0 Å². The highest BCUT2D eigenvalue weighted by Crippen LogP contribution is 2.20. The lowest BCUT2D eigenvalue weighted by molar-refractivity contribution is -0.151. The number of carbonyl (C=O) groups excluding carboxylic acids is 8. The molecule has 2 rings (SSSR count). The van der Waals surface area contributed by atoms with Crippen LogP contribution in [0.15, 0.2) is 30.3 Å². The van der Waals surface area contributed by atoms with Gasteiger partial charge in [0.1, 0.15) is 30.2 Å². The van der Waals surface area contributed by atoms with E-state index in [4.69, 9.17) is 4.74 Å². The third-order valence-electron chi connectivity index (χ3n) is 11.3. The molecule has 65 heavy (non-hydrogen) atoms. The average molecular weight is 915 g/mol. The standard InChI is InChI=1S/C47H78N8O10/c1-29(2)23-35-42(60)48-31(5)25-40(59)51(10)22-18-21-39(58)53(12)36(26-33-19-16-15-17-20-33)43(61)50-41(32(6)56)46(64)52(11)27-38(57)49-34(28-65-47(7,8)9)44(62)55(14)37(24-30(3)4)45(63)54(35)13/h15-17,19-20,29-32,34-37,41,56H,18,21-28H2,1-14H3,(H,48,60)(H,49,57)(H,50,61)/t31-,32+,34-,35-,36-,37-,41-/m0/s1. The number of hydrogen-bond acceptors (Lipinski definition) is 10. The lowest BCUT2D eigenvalue weighted by atomic mass is 9.97. The van der Waals surface area contributed by atoms with Crippen LogP contribution in [0.25, 0.3) is 0 Å². The Morgan fingerprint density at radius 3 is 1.80 bits per heavy atom. The summed E-state index contributed by atoms with van der Waals surface area (Å²) >= 11 is 0. The van der Waals surface area contributed by atoms with Crippen molar-refractivity contribution in [1.82, 2.24) is 40.4 Å². The van der Waals surface area contributed by atoms with E-state index in [1.165, 1.54) is 54.7 Å². The molecule has 1 saturated heterocycles. The summed E-state index contributed by atoms with van der Waals surface area (Å²) in [6.07, 6.45) is -0.666. The summed E-state index contributed by atoms with van der Waals surface area (Å²) in [6, 6.07) is 2.38. The number of nitrogens with one attached hydrogen (secondary N) is 3.